The maximum atomic E-state index is 11.8. The van der Waals surface area contributed by atoms with Crippen molar-refractivity contribution in [1.82, 2.24) is 5.32 Å². The molecule has 1 amide bonds. The van der Waals surface area contributed by atoms with E-state index in [0.29, 0.717) is 19.4 Å². The summed E-state index contributed by atoms with van der Waals surface area (Å²) in [6.07, 6.45) is 2.91. The Labute approximate surface area is 119 Å². The van der Waals surface area contributed by atoms with Crippen LogP contribution in [0.1, 0.15) is 31.2 Å². The number of carboxylic acid groups (broad SMARTS) is 1. The Morgan fingerprint density at radius 3 is 2.50 bits per heavy atom. The summed E-state index contributed by atoms with van der Waals surface area (Å²) in [6.45, 7) is 0.543. The van der Waals surface area contributed by atoms with Crippen molar-refractivity contribution in [3.8, 4) is 0 Å². The van der Waals surface area contributed by atoms with Crippen molar-refractivity contribution in [1.29, 1.82) is 0 Å². The zero-order chi connectivity index (χ0) is 14.8. The Morgan fingerprint density at radius 1 is 1.15 bits per heavy atom. The molecule has 0 spiro atoms. The van der Waals surface area contributed by atoms with Crippen LogP contribution in [-0.4, -0.2) is 29.6 Å². The highest BCUT2D eigenvalue weighted by atomic mass is 16.4. The first-order valence-corrected chi connectivity index (χ1v) is 6.88. The molecule has 5 heteroatoms. The van der Waals surface area contributed by atoms with Gasteiger partial charge in [-0.25, -0.2) is 0 Å². The summed E-state index contributed by atoms with van der Waals surface area (Å²) in [5.41, 5.74) is 6.88. The van der Waals surface area contributed by atoms with Gasteiger partial charge >= 0.3 is 5.97 Å². The lowest BCUT2D eigenvalue weighted by atomic mass is 10.1. The molecule has 0 aliphatic heterocycles. The third-order valence-electron chi connectivity index (χ3n) is 3.00. The third kappa shape index (κ3) is 6.89. The largest absolute Gasteiger partial charge is 0.481 e. The third-order valence-corrected chi connectivity index (χ3v) is 3.00. The number of nitrogens with two attached hydrogens (primary N) is 1. The van der Waals surface area contributed by atoms with Crippen LogP contribution in [0.4, 0.5) is 0 Å². The molecule has 1 atom stereocenters. The molecule has 0 unspecified atom stereocenters. The van der Waals surface area contributed by atoms with E-state index < -0.39 is 12.0 Å². The molecule has 0 saturated heterocycles. The van der Waals surface area contributed by atoms with Crippen LogP contribution >= 0.6 is 0 Å². The standard InChI is InChI=1S/C15H22N2O3/c16-13(11-12-7-3-1-4-8-12)15(20)17-10-6-2-5-9-14(18)19/h1,3-4,7-8,13H,2,5-6,9-11,16H2,(H,17,20)(H,18,19)/t13-/m0/s1. The monoisotopic (exact) mass is 278 g/mol. The number of carbonyl (C=O) groups is 2. The lowest BCUT2D eigenvalue weighted by Gasteiger charge is -2.12. The maximum absolute atomic E-state index is 11.8. The van der Waals surface area contributed by atoms with Gasteiger partial charge < -0.3 is 16.2 Å². The average molecular weight is 278 g/mol. The maximum Gasteiger partial charge on any atom is 0.303 e. The molecule has 0 aromatic heterocycles. The zero-order valence-corrected chi connectivity index (χ0v) is 11.5. The molecule has 0 saturated carbocycles. The second kappa shape index (κ2) is 9.09. The molecule has 1 rings (SSSR count). The summed E-state index contributed by atoms with van der Waals surface area (Å²) < 4.78 is 0. The molecule has 0 aliphatic rings. The average Bonchev–Trinajstić information content (AvgIpc) is 2.43. The molecule has 4 N–H and O–H groups in total. The number of nitrogens with one attached hydrogen (secondary N) is 1. The topological polar surface area (TPSA) is 92.4 Å². The molecule has 0 fully saturated rings. The number of rotatable bonds is 9. The van der Waals surface area contributed by atoms with Crippen LogP contribution in [0.2, 0.25) is 0 Å². The Balaban J connectivity index is 2.14. The van der Waals surface area contributed by atoms with E-state index in [2.05, 4.69) is 5.32 Å². The minimum absolute atomic E-state index is 0.160. The van der Waals surface area contributed by atoms with Crippen LogP contribution in [0.3, 0.4) is 0 Å². The van der Waals surface area contributed by atoms with E-state index in [1.807, 2.05) is 30.3 Å². The molecule has 110 valence electrons. The summed E-state index contributed by atoms with van der Waals surface area (Å²) >= 11 is 0. The van der Waals surface area contributed by atoms with Crippen molar-refractivity contribution in [3.63, 3.8) is 0 Å². The fraction of sp³-hybridized carbons (Fsp3) is 0.467. The predicted molar refractivity (Wildman–Crippen MR) is 77.2 cm³/mol. The van der Waals surface area contributed by atoms with Gasteiger partial charge in [0.1, 0.15) is 0 Å². The van der Waals surface area contributed by atoms with Crippen LogP contribution in [0.5, 0.6) is 0 Å². The summed E-state index contributed by atoms with van der Waals surface area (Å²) in [5, 5.41) is 11.3. The van der Waals surface area contributed by atoms with Gasteiger partial charge in [-0.2, -0.15) is 0 Å². The van der Waals surface area contributed by atoms with Gasteiger partial charge in [0, 0.05) is 13.0 Å². The molecule has 20 heavy (non-hydrogen) atoms. The Hall–Kier alpha value is -1.88. The van der Waals surface area contributed by atoms with Gasteiger partial charge in [-0.1, -0.05) is 36.8 Å². The van der Waals surface area contributed by atoms with Crippen LogP contribution < -0.4 is 11.1 Å². The van der Waals surface area contributed by atoms with Gasteiger partial charge in [0.15, 0.2) is 0 Å². The molecule has 0 radical (unpaired) electrons. The summed E-state index contributed by atoms with van der Waals surface area (Å²) in [7, 11) is 0. The number of unbranched alkanes of at least 4 members (excludes halogenated alkanes) is 2. The highest BCUT2D eigenvalue weighted by Crippen LogP contribution is 2.02. The van der Waals surface area contributed by atoms with Gasteiger partial charge in [0.05, 0.1) is 6.04 Å². The van der Waals surface area contributed by atoms with Crippen LogP contribution in [-0.2, 0) is 16.0 Å². The number of aliphatic carboxylic acids is 1. The SMILES string of the molecule is N[C@@H](Cc1ccccc1)C(=O)NCCCCCC(=O)O. The molecule has 0 bridgehead atoms. The second-order valence-electron chi connectivity index (χ2n) is 4.79. The van der Waals surface area contributed by atoms with Crippen LogP contribution in [0.25, 0.3) is 0 Å². The molecule has 1 aromatic carbocycles. The van der Waals surface area contributed by atoms with Gasteiger partial charge in [0.25, 0.3) is 0 Å². The lowest BCUT2D eigenvalue weighted by Crippen LogP contribution is -2.42. The van der Waals surface area contributed by atoms with Crippen molar-refractivity contribution in [2.75, 3.05) is 6.54 Å². The normalized spacial score (nSPS) is 11.8. The molecule has 0 aliphatic carbocycles. The highest BCUT2D eigenvalue weighted by Gasteiger charge is 2.12. The van der Waals surface area contributed by atoms with Crippen molar-refractivity contribution in [2.45, 2.75) is 38.1 Å². The summed E-state index contributed by atoms with van der Waals surface area (Å²) in [6, 6.07) is 9.10. The Kier molecular flexibility index (Phi) is 7.35. The predicted octanol–water partition coefficient (Wildman–Crippen LogP) is 1.32. The minimum atomic E-state index is -0.779. The van der Waals surface area contributed by atoms with E-state index >= 15 is 0 Å². The van der Waals surface area contributed by atoms with Crippen molar-refractivity contribution < 1.29 is 14.7 Å². The number of hydrogen-bond acceptors (Lipinski definition) is 3. The summed E-state index contributed by atoms with van der Waals surface area (Å²) in [4.78, 5) is 22.1. The number of carboxylic acids is 1. The molecular formula is C15H22N2O3. The fourth-order valence-electron chi connectivity index (χ4n) is 1.88. The quantitative estimate of drug-likeness (QED) is 0.594. The molecular weight excluding hydrogens is 256 g/mol. The minimum Gasteiger partial charge on any atom is -0.481 e. The first-order valence-electron chi connectivity index (χ1n) is 6.88. The van der Waals surface area contributed by atoms with Crippen molar-refractivity contribution in [3.05, 3.63) is 35.9 Å². The van der Waals surface area contributed by atoms with E-state index in [1.165, 1.54) is 0 Å². The van der Waals surface area contributed by atoms with Crippen molar-refractivity contribution in [2.24, 2.45) is 5.73 Å². The molecule has 1 aromatic rings. The van der Waals surface area contributed by atoms with E-state index in [9.17, 15) is 9.59 Å². The highest BCUT2D eigenvalue weighted by molar-refractivity contribution is 5.81. The molecule has 5 nitrogen and oxygen atoms in total. The van der Waals surface area contributed by atoms with Gasteiger partial charge in [-0.05, 0) is 24.8 Å². The van der Waals surface area contributed by atoms with E-state index in [1.54, 1.807) is 0 Å². The number of carbonyl (C=O) groups excluding carboxylic acids is 1. The summed E-state index contributed by atoms with van der Waals surface area (Å²) in [5.74, 6) is -0.939. The van der Waals surface area contributed by atoms with Gasteiger partial charge in [-0.3, -0.25) is 9.59 Å². The van der Waals surface area contributed by atoms with Crippen LogP contribution in [0.15, 0.2) is 30.3 Å². The molecule has 0 heterocycles. The first kappa shape index (κ1) is 16.2. The van der Waals surface area contributed by atoms with Gasteiger partial charge in [-0.15, -0.1) is 0 Å². The van der Waals surface area contributed by atoms with E-state index in [0.717, 1.165) is 18.4 Å². The second-order valence-corrected chi connectivity index (χ2v) is 4.79. The lowest BCUT2D eigenvalue weighted by molar-refractivity contribution is -0.137. The fourth-order valence-corrected chi connectivity index (χ4v) is 1.88. The number of amides is 1. The number of hydrogen-bond donors (Lipinski definition) is 3. The first-order chi connectivity index (χ1) is 9.59. The Morgan fingerprint density at radius 2 is 1.85 bits per heavy atom. The van der Waals surface area contributed by atoms with E-state index in [4.69, 9.17) is 10.8 Å². The zero-order valence-electron chi connectivity index (χ0n) is 11.5. The Bertz CT molecular complexity index is 420. The number of benzene rings is 1. The van der Waals surface area contributed by atoms with Crippen molar-refractivity contribution >= 4 is 11.9 Å². The smallest absolute Gasteiger partial charge is 0.303 e. The van der Waals surface area contributed by atoms with E-state index in [-0.39, 0.29) is 12.3 Å². The van der Waals surface area contributed by atoms with Crippen LogP contribution in [0, 0.1) is 0 Å². The van der Waals surface area contributed by atoms with Gasteiger partial charge in [0.2, 0.25) is 5.91 Å².